The van der Waals surface area contributed by atoms with Crippen LogP contribution in [0.15, 0.2) is 53.1 Å². The van der Waals surface area contributed by atoms with Gasteiger partial charge in [0, 0.05) is 17.4 Å². The summed E-state index contributed by atoms with van der Waals surface area (Å²) in [5.74, 6) is 0.853. The number of para-hydroxylation sites is 1. The number of nitrogens with zero attached hydrogens (tertiary/aromatic N) is 2. The number of rotatable bonds is 6. The lowest BCUT2D eigenvalue weighted by molar-refractivity contribution is -0.133. The third-order valence-corrected chi connectivity index (χ3v) is 5.73. The van der Waals surface area contributed by atoms with Crippen LogP contribution in [0.2, 0.25) is 0 Å². The van der Waals surface area contributed by atoms with E-state index in [2.05, 4.69) is 19.2 Å². The van der Waals surface area contributed by atoms with Gasteiger partial charge in [-0.2, -0.15) is 0 Å². The van der Waals surface area contributed by atoms with Gasteiger partial charge in [0.2, 0.25) is 5.91 Å². The molecule has 1 aliphatic rings. The number of aromatic nitrogens is 1. The van der Waals surface area contributed by atoms with E-state index in [-0.39, 0.29) is 18.4 Å². The molecule has 0 unspecified atom stereocenters. The molecule has 0 spiro atoms. The number of fused-ring (bicyclic) bond motifs is 3. The highest BCUT2D eigenvalue weighted by Gasteiger charge is 2.47. The van der Waals surface area contributed by atoms with Crippen LogP contribution in [-0.4, -0.2) is 33.4 Å². The molecule has 29 heavy (non-hydrogen) atoms. The second kappa shape index (κ2) is 7.43. The molecular formula is C23H27N3O3. The third-order valence-electron chi connectivity index (χ3n) is 5.73. The average Bonchev–Trinajstić information content (AvgIpc) is 3.33. The van der Waals surface area contributed by atoms with Crippen LogP contribution < -0.4 is 5.32 Å². The molecule has 6 nitrogen and oxygen atoms in total. The Labute approximate surface area is 170 Å². The van der Waals surface area contributed by atoms with E-state index in [1.54, 1.807) is 17.2 Å². The summed E-state index contributed by atoms with van der Waals surface area (Å²) in [5.41, 5.74) is 0.551. The maximum Gasteiger partial charge on any atom is 0.271 e. The average molecular weight is 393 g/mol. The lowest BCUT2D eigenvalue weighted by Gasteiger charge is -2.43. The molecule has 1 N–H and O–H groups in total. The lowest BCUT2D eigenvalue weighted by Crippen LogP contribution is -2.63. The van der Waals surface area contributed by atoms with Crippen molar-refractivity contribution in [3.63, 3.8) is 0 Å². The Hall–Kier alpha value is -3.02. The minimum absolute atomic E-state index is 0.138. The zero-order valence-corrected chi connectivity index (χ0v) is 17.1. The largest absolute Gasteiger partial charge is 0.467 e. The van der Waals surface area contributed by atoms with Crippen molar-refractivity contribution in [2.24, 2.45) is 5.92 Å². The van der Waals surface area contributed by atoms with E-state index in [0.717, 1.165) is 17.3 Å². The van der Waals surface area contributed by atoms with Gasteiger partial charge in [-0.15, -0.1) is 0 Å². The highest BCUT2D eigenvalue weighted by atomic mass is 16.3. The summed E-state index contributed by atoms with van der Waals surface area (Å²) in [5, 5.41) is 4.05. The molecule has 152 valence electrons. The molecule has 3 aromatic rings. The van der Waals surface area contributed by atoms with Crippen molar-refractivity contribution in [3.05, 3.63) is 60.2 Å². The third kappa shape index (κ3) is 3.43. The van der Waals surface area contributed by atoms with Crippen LogP contribution >= 0.6 is 0 Å². The van der Waals surface area contributed by atoms with Gasteiger partial charge in [0.15, 0.2) is 0 Å². The molecule has 2 amide bonds. The van der Waals surface area contributed by atoms with Crippen molar-refractivity contribution in [3.8, 4) is 0 Å². The molecule has 1 atom stereocenters. The van der Waals surface area contributed by atoms with E-state index in [0.29, 0.717) is 30.5 Å². The van der Waals surface area contributed by atoms with Crippen molar-refractivity contribution < 1.29 is 14.0 Å². The topological polar surface area (TPSA) is 67.5 Å². The molecule has 0 bridgehead atoms. The van der Waals surface area contributed by atoms with E-state index in [9.17, 15) is 9.59 Å². The first-order valence-corrected chi connectivity index (χ1v) is 10.1. The Balaban J connectivity index is 1.73. The first-order chi connectivity index (χ1) is 13.9. The van der Waals surface area contributed by atoms with Crippen LogP contribution in [-0.2, 0) is 17.9 Å². The van der Waals surface area contributed by atoms with Crippen molar-refractivity contribution in [1.82, 2.24) is 14.8 Å². The molecule has 1 aromatic carbocycles. The summed E-state index contributed by atoms with van der Waals surface area (Å²) >= 11 is 0. The molecule has 4 rings (SSSR count). The molecule has 0 radical (unpaired) electrons. The molecule has 6 heteroatoms. The van der Waals surface area contributed by atoms with Crippen molar-refractivity contribution in [2.45, 2.75) is 45.8 Å². The maximum atomic E-state index is 13.5. The number of amides is 2. The van der Waals surface area contributed by atoms with Crippen molar-refractivity contribution >= 4 is 22.7 Å². The monoisotopic (exact) mass is 393 g/mol. The Morgan fingerprint density at radius 3 is 2.76 bits per heavy atom. The van der Waals surface area contributed by atoms with Gasteiger partial charge in [-0.25, -0.2) is 0 Å². The fraction of sp³-hybridized carbons (Fsp3) is 0.391. The fourth-order valence-electron chi connectivity index (χ4n) is 3.98. The number of carbonyl (C=O) groups excluding carboxylic acids is 2. The SMILES string of the molecule is CC(C)CCNC(=O)[C@@]1(C)Cn2c(cc3ccccc32)C(=O)N1Cc1ccco1. The second-order valence-corrected chi connectivity index (χ2v) is 8.36. The Morgan fingerprint density at radius 2 is 2.03 bits per heavy atom. The maximum absolute atomic E-state index is 13.5. The highest BCUT2D eigenvalue weighted by molar-refractivity contribution is 6.03. The van der Waals surface area contributed by atoms with Crippen molar-refractivity contribution in [1.29, 1.82) is 0 Å². The molecule has 0 saturated carbocycles. The Bertz CT molecular complexity index is 1040. The van der Waals surface area contributed by atoms with Crippen LogP contribution in [0.3, 0.4) is 0 Å². The van der Waals surface area contributed by atoms with E-state index in [1.807, 2.05) is 47.9 Å². The number of hydrogen-bond acceptors (Lipinski definition) is 3. The lowest BCUT2D eigenvalue weighted by atomic mass is 9.94. The smallest absolute Gasteiger partial charge is 0.271 e. The molecule has 3 heterocycles. The van der Waals surface area contributed by atoms with Gasteiger partial charge in [0.1, 0.15) is 17.0 Å². The van der Waals surface area contributed by atoms with E-state index < -0.39 is 5.54 Å². The van der Waals surface area contributed by atoms with E-state index >= 15 is 0 Å². The molecule has 0 saturated heterocycles. The number of furan rings is 1. The van der Waals surface area contributed by atoms with Gasteiger partial charge >= 0.3 is 0 Å². The first kappa shape index (κ1) is 19.3. The van der Waals surface area contributed by atoms with E-state index in [4.69, 9.17) is 4.42 Å². The number of hydrogen-bond donors (Lipinski definition) is 1. The van der Waals surface area contributed by atoms with Crippen LogP contribution in [0.4, 0.5) is 0 Å². The van der Waals surface area contributed by atoms with Crippen molar-refractivity contribution in [2.75, 3.05) is 6.54 Å². The van der Waals surface area contributed by atoms with Crippen LogP contribution in [0.1, 0.15) is 43.4 Å². The molecule has 1 aliphatic heterocycles. The molecule has 0 aliphatic carbocycles. The predicted molar refractivity (Wildman–Crippen MR) is 111 cm³/mol. The number of benzene rings is 1. The van der Waals surface area contributed by atoms with Gasteiger partial charge in [0.25, 0.3) is 5.91 Å². The zero-order chi connectivity index (χ0) is 20.6. The summed E-state index contributed by atoms with van der Waals surface area (Å²) in [4.78, 5) is 28.4. The summed E-state index contributed by atoms with van der Waals surface area (Å²) < 4.78 is 7.46. The molecule has 0 fully saturated rings. The highest BCUT2D eigenvalue weighted by Crippen LogP contribution is 2.33. The summed E-state index contributed by atoms with van der Waals surface area (Å²) in [6.07, 6.45) is 2.48. The second-order valence-electron chi connectivity index (χ2n) is 8.36. The normalized spacial score (nSPS) is 19.0. The molecule has 2 aromatic heterocycles. The van der Waals surface area contributed by atoms with Gasteiger partial charge < -0.3 is 19.2 Å². The van der Waals surface area contributed by atoms with Gasteiger partial charge in [-0.1, -0.05) is 32.0 Å². The summed E-state index contributed by atoms with van der Waals surface area (Å²) in [6.45, 7) is 7.33. The fourth-order valence-corrected chi connectivity index (χ4v) is 3.98. The minimum atomic E-state index is -1.02. The number of nitrogens with one attached hydrogen (secondary N) is 1. The van der Waals surface area contributed by atoms with Gasteiger partial charge in [-0.3, -0.25) is 9.59 Å². The minimum Gasteiger partial charge on any atom is -0.467 e. The van der Waals surface area contributed by atoms with Crippen LogP contribution in [0, 0.1) is 5.92 Å². The summed E-state index contributed by atoms with van der Waals surface area (Å²) in [7, 11) is 0. The zero-order valence-electron chi connectivity index (χ0n) is 17.1. The molecular weight excluding hydrogens is 366 g/mol. The van der Waals surface area contributed by atoms with Crippen LogP contribution in [0.5, 0.6) is 0 Å². The standard InChI is InChI=1S/C23H27N3O3/c1-16(2)10-11-24-22(28)23(3)15-25-19-9-5-4-7-17(19)13-20(25)21(27)26(23)14-18-8-6-12-29-18/h4-9,12-13,16H,10-11,14-15H2,1-3H3,(H,24,28)/t23-/m1/s1. The summed E-state index contributed by atoms with van der Waals surface area (Å²) in [6, 6.07) is 13.4. The quantitative estimate of drug-likeness (QED) is 0.692. The number of carbonyl (C=O) groups is 2. The Morgan fingerprint density at radius 1 is 1.24 bits per heavy atom. The van der Waals surface area contributed by atoms with Gasteiger partial charge in [0.05, 0.1) is 19.4 Å². The predicted octanol–water partition coefficient (Wildman–Crippen LogP) is 3.81. The van der Waals surface area contributed by atoms with Crippen LogP contribution in [0.25, 0.3) is 10.9 Å². The van der Waals surface area contributed by atoms with Gasteiger partial charge in [-0.05, 0) is 43.5 Å². The van der Waals surface area contributed by atoms with E-state index in [1.165, 1.54) is 0 Å². The first-order valence-electron chi connectivity index (χ1n) is 10.1. The Kier molecular flexibility index (Phi) is 4.94.